The van der Waals surface area contributed by atoms with Crippen molar-refractivity contribution < 1.29 is 13.9 Å². The second-order valence-corrected chi connectivity index (χ2v) is 3.91. The Morgan fingerprint density at radius 1 is 1.38 bits per heavy atom. The van der Waals surface area contributed by atoms with E-state index in [1.165, 1.54) is 7.11 Å². The molecule has 0 bridgehead atoms. The summed E-state index contributed by atoms with van der Waals surface area (Å²) < 4.78 is 9.86. The van der Waals surface area contributed by atoms with Crippen LogP contribution >= 0.6 is 0 Å². The van der Waals surface area contributed by atoms with Crippen LogP contribution in [0.2, 0.25) is 0 Å². The van der Waals surface area contributed by atoms with Gasteiger partial charge in [-0.15, -0.1) is 0 Å². The molecule has 3 nitrogen and oxygen atoms in total. The van der Waals surface area contributed by atoms with Gasteiger partial charge in [-0.1, -0.05) is 20.8 Å². The highest BCUT2D eigenvalue weighted by molar-refractivity contribution is 5.86. The number of hydrogen-bond donors (Lipinski definition) is 0. The van der Waals surface area contributed by atoms with Gasteiger partial charge in [0.1, 0.15) is 5.76 Å². The Bertz CT molecular complexity index is 304. The van der Waals surface area contributed by atoms with Crippen molar-refractivity contribution in [2.45, 2.75) is 26.2 Å². The molecule has 13 heavy (non-hydrogen) atoms. The van der Waals surface area contributed by atoms with Crippen LogP contribution < -0.4 is 0 Å². The molecule has 1 aromatic rings. The molecule has 3 heteroatoms. The van der Waals surface area contributed by atoms with Gasteiger partial charge in [-0.3, -0.25) is 0 Å². The van der Waals surface area contributed by atoms with Gasteiger partial charge in [0.2, 0.25) is 5.76 Å². The molecular weight excluding hydrogens is 168 g/mol. The molecule has 0 saturated carbocycles. The van der Waals surface area contributed by atoms with E-state index < -0.39 is 5.97 Å². The summed E-state index contributed by atoms with van der Waals surface area (Å²) in [4.78, 5) is 11.0. The van der Waals surface area contributed by atoms with Crippen LogP contribution in [0.1, 0.15) is 37.1 Å². The fourth-order valence-electron chi connectivity index (χ4n) is 0.951. The second-order valence-electron chi connectivity index (χ2n) is 3.91. The number of methoxy groups -OCH3 is 1. The third kappa shape index (κ3) is 2.11. The summed E-state index contributed by atoms with van der Waals surface area (Å²) in [6.07, 6.45) is 0. The lowest BCUT2D eigenvalue weighted by atomic mass is 9.94. The molecule has 0 spiro atoms. The van der Waals surface area contributed by atoms with Gasteiger partial charge >= 0.3 is 5.97 Å². The number of carbonyl (C=O) groups is 1. The molecule has 0 atom stereocenters. The van der Waals surface area contributed by atoms with Gasteiger partial charge in [0, 0.05) is 5.41 Å². The van der Waals surface area contributed by atoms with Crippen molar-refractivity contribution in [3.05, 3.63) is 23.7 Å². The molecule has 1 rings (SSSR count). The van der Waals surface area contributed by atoms with Gasteiger partial charge in [0.15, 0.2) is 0 Å². The van der Waals surface area contributed by atoms with Crippen LogP contribution in [0.15, 0.2) is 16.5 Å². The highest BCUT2D eigenvalue weighted by Gasteiger charge is 2.20. The molecule has 0 unspecified atom stereocenters. The molecule has 0 N–H and O–H groups in total. The zero-order valence-electron chi connectivity index (χ0n) is 8.38. The maximum Gasteiger partial charge on any atom is 0.373 e. The van der Waals surface area contributed by atoms with Crippen LogP contribution in [0.4, 0.5) is 0 Å². The van der Waals surface area contributed by atoms with E-state index in [2.05, 4.69) is 4.74 Å². The molecule has 1 heterocycles. The van der Waals surface area contributed by atoms with Crippen LogP contribution in [0.3, 0.4) is 0 Å². The van der Waals surface area contributed by atoms with Crippen LogP contribution in [0.5, 0.6) is 0 Å². The van der Waals surface area contributed by atoms with Crippen LogP contribution in [0, 0.1) is 0 Å². The number of hydrogen-bond acceptors (Lipinski definition) is 3. The molecule has 0 fully saturated rings. The first-order valence-corrected chi connectivity index (χ1v) is 4.14. The van der Waals surface area contributed by atoms with Gasteiger partial charge in [-0.2, -0.15) is 0 Å². The summed E-state index contributed by atoms with van der Waals surface area (Å²) in [6.45, 7) is 6.06. The monoisotopic (exact) mass is 182 g/mol. The van der Waals surface area contributed by atoms with E-state index >= 15 is 0 Å². The Morgan fingerprint density at radius 3 is 2.38 bits per heavy atom. The summed E-state index contributed by atoms with van der Waals surface area (Å²) >= 11 is 0. The lowest BCUT2D eigenvalue weighted by Crippen LogP contribution is -2.09. The molecule has 0 saturated heterocycles. The average molecular weight is 182 g/mol. The highest BCUT2D eigenvalue weighted by atomic mass is 16.5. The highest BCUT2D eigenvalue weighted by Crippen LogP contribution is 2.24. The van der Waals surface area contributed by atoms with E-state index in [0.29, 0.717) is 0 Å². The number of esters is 1. The minimum Gasteiger partial charge on any atom is -0.463 e. The van der Waals surface area contributed by atoms with Crippen molar-refractivity contribution in [2.75, 3.05) is 7.11 Å². The number of ether oxygens (including phenoxy) is 1. The molecule has 0 amide bonds. The lowest BCUT2D eigenvalue weighted by molar-refractivity contribution is 0.0561. The van der Waals surface area contributed by atoms with Gasteiger partial charge in [-0.25, -0.2) is 4.79 Å². The third-order valence-electron chi connectivity index (χ3n) is 1.73. The van der Waals surface area contributed by atoms with Crippen LogP contribution in [-0.4, -0.2) is 13.1 Å². The zero-order valence-corrected chi connectivity index (χ0v) is 8.38. The summed E-state index contributed by atoms with van der Waals surface area (Å²) in [5, 5.41) is 0. The zero-order chi connectivity index (χ0) is 10.1. The molecule has 0 aliphatic heterocycles. The van der Waals surface area contributed by atoms with Crippen molar-refractivity contribution in [3.8, 4) is 0 Å². The van der Waals surface area contributed by atoms with Crippen molar-refractivity contribution in [3.63, 3.8) is 0 Å². The average Bonchev–Trinajstić information content (AvgIpc) is 2.50. The quantitative estimate of drug-likeness (QED) is 0.626. The summed E-state index contributed by atoms with van der Waals surface area (Å²) in [5.74, 6) is 0.607. The third-order valence-corrected chi connectivity index (χ3v) is 1.73. The Balaban J connectivity index is 2.93. The fourth-order valence-corrected chi connectivity index (χ4v) is 0.951. The standard InChI is InChI=1S/C10H14O3/c1-10(2,3)8-6-5-7(13-8)9(11)12-4/h5-6H,1-4H3. The first kappa shape index (κ1) is 9.84. The minimum absolute atomic E-state index is 0.0771. The van der Waals surface area contributed by atoms with E-state index in [4.69, 9.17) is 4.42 Å². The summed E-state index contributed by atoms with van der Waals surface area (Å²) in [6, 6.07) is 3.43. The molecule has 0 aliphatic carbocycles. The van der Waals surface area contributed by atoms with Crippen molar-refractivity contribution in [1.29, 1.82) is 0 Å². The molecule has 1 aromatic heterocycles. The molecule has 0 aromatic carbocycles. The normalized spacial score (nSPS) is 11.4. The minimum atomic E-state index is -0.435. The Kier molecular flexibility index (Phi) is 2.45. The van der Waals surface area contributed by atoms with E-state index in [1.54, 1.807) is 12.1 Å². The van der Waals surface area contributed by atoms with E-state index in [-0.39, 0.29) is 11.2 Å². The largest absolute Gasteiger partial charge is 0.463 e. The molecule has 0 aliphatic rings. The molecule has 72 valence electrons. The SMILES string of the molecule is COC(=O)c1ccc(C(C)(C)C)o1. The van der Waals surface area contributed by atoms with Crippen molar-refractivity contribution >= 4 is 5.97 Å². The number of rotatable bonds is 1. The molecular formula is C10H14O3. The summed E-state index contributed by atoms with van der Waals surface area (Å²) in [5.41, 5.74) is -0.0771. The maximum absolute atomic E-state index is 11.0. The molecule has 0 radical (unpaired) electrons. The van der Waals surface area contributed by atoms with E-state index in [9.17, 15) is 4.79 Å². The van der Waals surface area contributed by atoms with Crippen molar-refractivity contribution in [2.24, 2.45) is 0 Å². The van der Waals surface area contributed by atoms with Crippen LogP contribution in [0.25, 0.3) is 0 Å². The van der Waals surface area contributed by atoms with Gasteiger partial charge < -0.3 is 9.15 Å². The second kappa shape index (κ2) is 3.24. The smallest absolute Gasteiger partial charge is 0.373 e. The first-order chi connectivity index (χ1) is 5.95. The van der Waals surface area contributed by atoms with Gasteiger partial charge in [-0.05, 0) is 12.1 Å². The fraction of sp³-hybridized carbons (Fsp3) is 0.500. The first-order valence-electron chi connectivity index (χ1n) is 4.14. The van der Waals surface area contributed by atoms with E-state index in [1.807, 2.05) is 20.8 Å². The Hall–Kier alpha value is -1.25. The topological polar surface area (TPSA) is 39.4 Å². The van der Waals surface area contributed by atoms with Crippen LogP contribution in [-0.2, 0) is 10.2 Å². The van der Waals surface area contributed by atoms with Crippen molar-refractivity contribution in [1.82, 2.24) is 0 Å². The van der Waals surface area contributed by atoms with E-state index in [0.717, 1.165) is 5.76 Å². The number of carbonyl (C=O) groups excluding carboxylic acids is 1. The predicted octanol–water partition coefficient (Wildman–Crippen LogP) is 2.36. The van der Waals surface area contributed by atoms with Gasteiger partial charge in [0.05, 0.1) is 7.11 Å². The Morgan fingerprint density at radius 2 is 2.00 bits per heavy atom. The summed E-state index contributed by atoms with van der Waals surface area (Å²) in [7, 11) is 1.33. The lowest BCUT2D eigenvalue weighted by Gasteiger charge is -2.13. The Labute approximate surface area is 77.7 Å². The predicted molar refractivity (Wildman–Crippen MR) is 48.7 cm³/mol. The maximum atomic E-state index is 11.0. The number of furan rings is 1. The van der Waals surface area contributed by atoms with Gasteiger partial charge in [0.25, 0.3) is 0 Å².